The van der Waals surface area contributed by atoms with E-state index in [4.69, 9.17) is 5.73 Å². The maximum atomic E-state index is 11.5. The minimum atomic E-state index is -0.303. The summed E-state index contributed by atoms with van der Waals surface area (Å²) in [6.07, 6.45) is 2.13. The van der Waals surface area contributed by atoms with Crippen LogP contribution >= 0.6 is 0 Å². The smallest absolute Gasteiger partial charge is 0.355 e. The number of hydrogen-bond donors (Lipinski definition) is 2. The van der Waals surface area contributed by atoms with Crippen LogP contribution in [0.3, 0.4) is 0 Å². The van der Waals surface area contributed by atoms with Crippen LogP contribution < -0.4 is 16.3 Å². The molecule has 0 saturated carbocycles. The first-order valence-corrected chi connectivity index (χ1v) is 6.60. The Hall–Kier alpha value is -1.89. The first-order chi connectivity index (χ1) is 9.15. The highest BCUT2D eigenvalue weighted by molar-refractivity contribution is 5.45. The zero-order chi connectivity index (χ0) is 13.4. The molecule has 0 radical (unpaired) electrons. The van der Waals surface area contributed by atoms with Crippen LogP contribution in [0.5, 0.6) is 0 Å². The Kier molecular flexibility index (Phi) is 2.98. The molecule has 3 rings (SSSR count). The molecule has 3 heterocycles. The highest BCUT2D eigenvalue weighted by Gasteiger charge is 2.22. The van der Waals surface area contributed by atoms with Gasteiger partial charge in [-0.3, -0.25) is 0 Å². The summed E-state index contributed by atoms with van der Waals surface area (Å²) in [5, 5.41) is 10.6. The van der Waals surface area contributed by atoms with Gasteiger partial charge in [-0.15, -0.1) is 5.10 Å². The molecular formula is C12H18N6O. The molecule has 0 aliphatic carbocycles. The molecule has 1 unspecified atom stereocenters. The maximum absolute atomic E-state index is 11.5. The van der Waals surface area contributed by atoms with Crippen LogP contribution in [0, 0.1) is 5.92 Å². The average molecular weight is 262 g/mol. The van der Waals surface area contributed by atoms with E-state index in [2.05, 4.69) is 27.1 Å². The summed E-state index contributed by atoms with van der Waals surface area (Å²) in [4.78, 5) is 13.7. The van der Waals surface area contributed by atoms with Gasteiger partial charge in [0.25, 0.3) is 0 Å². The molecule has 1 atom stereocenters. The zero-order valence-electron chi connectivity index (χ0n) is 10.9. The Bertz CT molecular complexity index is 622. The van der Waals surface area contributed by atoms with Gasteiger partial charge in [-0.2, -0.15) is 9.61 Å². The molecule has 7 nitrogen and oxygen atoms in total. The van der Waals surface area contributed by atoms with Gasteiger partial charge in [0, 0.05) is 19.1 Å². The standard InChI is InChI=1S/C12H18N6O/c1-8(13)9-4-6-17(7-5-9)11-3-2-10-14-15-12(19)18(10)16-11/h2-3,8-9H,4-7,13H2,1H3,(H,15,19). The second kappa shape index (κ2) is 4.65. The number of nitrogens with one attached hydrogen (secondary N) is 1. The number of nitrogens with zero attached hydrogens (tertiary/aromatic N) is 4. The normalized spacial score (nSPS) is 18.9. The molecule has 7 heteroatoms. The van der Waals surface area contributed by atoms with Crippen molar-refractivity contribution in [1.82, 2.24) is 19.8 Å². The van der Waals surface area contributed by atoms with Crippen LogP contribution in [0.1, 0.15) is 19.8 Å². The predicted octanol–water partition coefficient (Wildman–Crippen LogP) is -0.0188. The highest BCUT2D eigenvalue weighted by Crippen LogP contribution is 2.23. The number of aromatic nitrogens is 4. The molecule has 0 bridgehead atoms. The molecule has 1 saturated heterocycles. The van der Waals surface area contributed by atoms with Crippen molar-refractivity contribution in [3.8, 4) is 0 Å². The Labute approximate surface area is 110 Å². The average Bonchev–Trinajstić information content (AvgIpc) is 2.80. The quantitative estimate of drug-likeness (QED) is 0.793. The van der Waals surface area contributed by atoms with Gasteiger partial charge < -0.3 is 10.6 Å². The lowest BCUT2D eigenvalue weighted by Gasteiger charge is -2.34. The monoisotopic (exact) mass is 262 g/mol. The van der Waals surface area contributed by atoms with E-state index in [0.29, 0.717) is 11.6 Å². The van der Waals surface area contributed by atoms with Crippen molar-refractivity contribution in [2.24, 2.45) is 11.7 Å². The highest BCUT2D eigenvalue weighted by atomic mass is 16.2. The summed E-state index contributed by atoms with van der Waals surface area (Å²) in [5.41, 5.74) is 6.18. The SMILES string of the molecule is CC(N)C1CCN(c2ccc3n[nH]c(=O)n3n2)CC1. The first kappa shape index (κ1) is 12.2. The van der Waals surface area contributed by atoms with Crippen molar-refractivity contribution >= 4 is 11.5 Å². The first-order valence-electron chi connectivity index (χ1n) is 6.60. The van der Waals surface area contributed by atoms with Crippen LogP contribution in [0.15, 0.2) is 16.9 Å². The van der Waals surface area contributed by atoms with Crippen LogP contribution in [0.2, 0.25) is 0 Å². The van der Waals surface area contributed by atoms with E-state index in [9.17, 15) is 4.79 Å². The molecule has 0 aromatic carbocycles. The molecule has 1 aliphatic rings. The Morgan fingerprint density at radius 1 is 1.42 bits per heavy atom. The van der Waals surface area contributed by atoms with Gasteiger partial charge in [0.1, 0.15) is 5.82 Å². The van der Waals surface area contributed by atoms with Crippen LogP contribution in [-0.2, 0) is 0 Å². The number of rotatable bonds is 2. The van der Waals surface area contributed by atoms with E-state index in [1.807, 2.05) is 6.07 Å². The van der Waals surface area contributed by atoms with E-state index in [1.54, 1.807) is 6.07 Å². The van der Waals surface area contributed by atoms with Crippen molar-refractivity contribution in [1.29, 1.82) is 0 Å². The number of H-pyrrole nitrogens is 1. The van der Waals surface area contributed by atoms with Gasteiger partial charge >= 0.3 is 5.69 Å². The van der Waals surface area contributed by atoms with E-state index >= 15 is 0 Å². The Balaban J connectivity index is 1.81. The van der Waals surface area contributed by atoms with Gasteiger partial charge in [-0.1, -0.05) is 0 Å². The number of aromatic amines is 1. The van der Waals surface area contributed by atoms with E-state index < -0.39 is 0 Å². The molecule has 3 N–H and O–H groups in total. The summed E-state index contributed by atoms with van der Waals surface area (Å²) in [6.45, 7) is 3.92. The third-order valence-electron chi connectivity index (χ3n) is 3.87. The zero-order valence-corrected chi connectivity index (χ0v) is 10.9. The summed E-state index contributed by atoms with van der Waals surface area (Å²) in [5.74, 6) is 1.40. The largest absolute Gasteiger partial charge is 0.364 e. The number of piperidine rings is 1. The molecule has 0 amide bonds. The number of anilines is 1. The minimum absolute atomic E-state index is 0.245. The van der Waals surface area contributed by atoms with Crippen molar-refractivity contribution in [3.63, 3.8) is 0 Å². The van der Waals surface area contributed by atoms with Gasteiger partial charge in [-0.25, -0.2) is 9.89 Å². The van der Waals surface area contributed by atoms with Crippen molar-refractivity contribution in [2.45, 2.75) is 25.8 Å². The van der Waals surface area contributed by atoms with Gasteiger partial charge in [0.15, 0.2) is 5.65 Å². The third-order valence-corrected chi connectivity index (χ3v) is 3.87. The van der Waals surface area contributed by atoms with Gasteiger partial charge in [0.2, 0.25) is 0 Å². The molecule has 19 heavy (non-hydrogen) atoms. The molecule has 2 aromatic heterocycles. The second-order valence-electron chi connectivity index (χ2n) is 5.17. The molecule has 1 fully saturated rings. The predicted molar refractivity (Wildman–Crippen MR) is 72.2 cm³/mol. The van der Waals surface area contributed by atoms with Gasteiger partial charge in [0.05, 0.1) is 0 Å². The lowest BCUT2D eigenvalue weighted by atomic mass is 9.91. The molecule has 1 aliphatic heterocycles. The fourth-order valence-corrected chi connectivity index (χ4v) is 2.62. The summed E-state index contributed by atoms with van der Waals surface area (Å²) >= 11 is 0. The molecular weight excluding hydrogens is 244 g/mol. The number of nitrogens with two attached hydrogens (primary N) is 1. The second-order valence-corrected chi connectivity index (χ2v) is 5.17. The maximum Gasteiger partial charge on any atom is 0.364 e. The van der Waals surface area contributed by atoms with Crippen LogP contribution in [0.4, 0.5) is 5.82 Å². The topological polar surface area (TPSA) is 92.3 Å². The summed E-state index contributed by atoms with van der Waals surface area (Å²) in [7, 11) is 0. The van der Waals surface area contributed by atoms with E-state index in [-0.39, 0.29) is 11.7 Å². The van der Waals surface area contributed by atoms with E-state index in [1.165, 1.54) is 4.52 Å². The van der Waals surface area contributed by atoms with Crippen LogP contribution in [-0.4, -0.2) is 38.9 Å². The van der Waals surface area contributed by atoms with Crippen LogP contribution in [0.25, 0.3) is 5.65 Å². The Morgan fingerprint density at radius 2 is 2.16 bits per heavy atom. The number of hydrogen-bond acceptors (Lipinski definition) is 5. The summed E-state index contributed by atoms with van der Waals surface area (Å²) in [6, 6.07) is 3.95. The molecule has 102 valence electrons. The number of fused-ring (bicyclic) bond motifs is 1. The van der Waals surface area contributed by atoms with E-state index in [0.717, 1.165) is 31.7 Å². The fourth-order valence-electron chi connectivity index (χ4n) is 2.62. The molecule has 0 spiro atoms. The van der Waals surface area contributed by atoms with Crippen molar-refractivity contribution in [2.75, 3.05) is 18.0 Å². The Morgan fingerprint density at radius 3 is 2.84 bits per heavy atom. The third kappa shape index (κ3) is 2.21. The lowest BCUT2D eigenvalue weighted by Crippen LogP contribution is -2.40. The fraction of sp³-hybridized carbons (Fsp3) is 0.583. The van der Waals surface area contributed by atoms with Crippen molar-refractivity contribution in [3.05, 3.63) is 22.6 Å². The minimum Gasteiger partial charge on any atom is -0.355 e. The van der Waals surface area contributed by atoms with Gasteiger partial charge in [-0.05, 0) is 37.8 Å². The van der Waals surface area contributed by atoms with Crippen molar-refractivity contribution < 1.29 is 0 Å². The summed E-state index contributed by atoms with van der Waals surface area (Å²) < 4.78 is 1.30. The molecule has 2 aromatic rings. The lowest BCUT2D eigenvalue weighted by molar-refractivity contribution is 0.353.